The molecule has 0 bridgehead atoms. The van der Waals surface area contributed by atoms with Crippen LogP contribution in [0.5, 0.6) is 0 Å². The summed E-state index contributed by atoms with van der Waals surface area (Å²) in [6, 6.07) is 16.8. The van der Waals surface area contributed by atoms with Crippen molar-refractivity contribution in [3.8, 4) is 0 Å². The van der Waals surface area contributed by atoms with E-state index in [9.17, 15) is 4.79 Å². The number of hydrogen-bond acceptors (Lipinski definition) is 1. The molecule has 0 fully saturated rings. The Labute approximate surface area is 126 Å². The van der Waals surface area contributed by atoms with Crippen LogP contribution in [0.4, 0.5) is 0 Å². The highest BCUT2D eigenvalue weighted by Gasteiger charge is 2.37. The maximum atomic E-state index is 12.5. The van der Waals surface area contributed by atoms with Gasteiger partial charge >= 0.3 is 0 Å². The van der Waals surface area contributed by atoms with E-state index in [1.165, 1.54) is 16.7 Å². The van der Waals surface area contributed by atoms with Gasteiger partial charge in [-0.05, 0) is 35.6 Å². The van der Waals surface area contributed by atoms with Gasteiger partial charge in [0.2, 0.25) is 0 Å². The lowest BCUT2D eigenvalue weighted by atomic mass is 9.98. The van der Waals surface area contributed by atoms with Gasteiger partial charge in [0.05, 0.1) is 6.04 Å². The predicted octanol–water partition coefficient (Wildman–Crippen LogP) is 4.36. The monoisotopic (exact) mass is 279 g/mol. The third-order valence-corrected chi connectivity index (χ3v) is 4.33. The van der Waals surface area contributed by atoms with Crippen molar-refractivity contribution in [3.63, 3.8) is 0 Å². The largest absolute Gasteiger partial charge is 0.327 e. The van der Waals surface area contributed by atoms with Crippen molar-refractivity contribution >= 4 is 5.91 Å². The molecule has 21 heavy (non-hydrogen) atoms. The van der Waals surface area contributed by atoms with Gasteiger partial charge in [-0.3, -0.25) is 4.79 Å². The van der Waals surface area contributed by atoms with Gasteiger partial charge in [0.15, 0.2) is 0 Å². The lowest BCUT2D eigenvalue weighted by Crippen LogP contribution is -2.26. The zero-order valence-corrected chi connectivity index (χ0v) is 12.7. The number of carbonyl (C=O) groups is 1. The molecule has 0 N–H and O–H groups in total. The predicted molar refractivity (Wildman–Crippen MR) is 85.2 cm³/mol. The first kappa shape index (κ1) is 13.9. The molecular formula is C19H21NO. The minimum atomic E-state index is 0.192. The lowest BCUT2D eigenvalue weighted by Gasteiger charge is -2.22. The van der Waals surface area contributed by atoms with Crippen LogP contribution in [0, 0.1) is 0 Å². The smallest absolute Gasteiger partial charge is 0.255 e. The minimum absolute atomic E-state index is 0.192. The molecule has 2 nitrogen and oxygen atoms in total. The van der Waals surface area contributed by atoms with Gasteiger partial charge in [-0.15, -0.1) is 0 Å². The number of carbonyl (C=O) groups excluding carboxylic acids is 1. The maximum absolute atomic E-state index is 12.5. The molecule has 1 amide bonds. The molecular weight excluding hydrogens is 258 g/mol. The van der Waals surface area contributed by atoms with Crippen molar-refractivity contribution in [1.82, 2.24) is 4.90 Å². The van der Waals surface area contributed by atoms with Gasteiger partial charge < -0.3 is 4.90 Å². The van der Waals surface area contributed by atoms with Crippen molar-refractivity contribution in [1.29, 1.82) is 0 Å². The zero-order valence-electron chi connectivity index (χ0n) is 12.7. The van der Waals surface area contributed by atoms with Crippen LogP contribution >= 0.6 is 0 Å². The first-order chi connectivity index (χ1) is 10.3. The van der Waals surface area contributed by atoms with Crippen molar-refractivity contribution in [2.45, 2.75) is 39.3 Å². The highest BCUT2D eigenvalue weighted by molar-refractivity contribution is 5.99. The first-order valence-electron chi connectivity index (χ1n) is 7.81. The molecule has 0 saturated carbocycles. The summed E-state index contributed by atoms with van der Waals surface area (Å²) in [5.74, 6) is 0.192. The fraction of sp³-hybridized carbons (Fsp3) is 0.316. The molecule has 4 rings (SSSR count). The summed E-state index contributed by atoms with van der Waals surface area (Å²) >= 11 is 0. The molecule has 0 aliphatic carbocycles. The van der Waals surface area contributed by atoms with Crippen molar-refractivity contribution in [3.05, 3.63) is 70.8 Å². The van der Waals surface area contributed by atoms with E-state index in [-0.39, 0.29) is 11.9 Å². The number of amides is 1. The zero-order chi connectivity index (χ0) is 14.8. The Bertz CT molecular complexity index is 662. The van der Waals surface area contributed by atoms with Gasteiger partial charge in [0, 0.05) is 12.1 Å². The highest BCUT2D eigenvalue weighted by Crippen LogP contribution is 2.40. The molecule has 108 valence electrons. The molecule has 0 radical (unpaired) electrons. The molecule has 0 saturated heterocycles. The SMILES string of the molecule is CC.O=C1c2ccccc2C2CCc3ccccc3CN12. The van der Waals surface area contributed by atoms with Crippen LogP contribution in [-0.2, 0) is 13.0 Å². The molecule has 2 aliphatic heterocycles. The Morgan fingerprint density at radius 3 is 2.43 bits per heavy atom. The van der Waals surface area contributed by atoms with Crippen molar-refractivity contribution in [2.75, 3.05) is 0 Å². The van der Waals surface area contributed by atoms with Gasteiger partial charge in [-0.25, -0.2) is 0 Å². The number of aryl methyl sites for hydroxylation is 1. The first-order valence-corrected chi connectivity index (χ1v) is 7.81. The van der Waals surface area contributed by atoms with Gasteiger partial charge in [0.25, 0.3) is 5.91 Å². The van der Waals surface area contributed by atoms with Crippen LogP contribution in [0.2, 0.25) is 0 Å². The van der Waals surface area contributed by atoms with E-state index in [4.69, 9.17) is 0 Å². The van der Waals surface area contributed by atoms with Crippen LogP contribution in [0.25, 0.3) is 0 Å². The number of rotatable bonds is 0. The highest BCUT2D eigenvalue weighted by atomic mass is 16.2. The van der Waals surface area contributed by atoms with Crippen LogP contribution in [0.15, 0.2) is 48.5 Å². The lowest BCUT2D eigenvalue weighted by molar-refractivity contribution is 0.0709. The number of hydrogen-bond donors (Lipinski definition) is 0. The van der Waals surface area contributed by atoms with E-state index in [0.29, 0.717) is 0 Å². The summed E-state index contributed by atoms with van der Waals surface area (Å²) in [7, 11) is 0. The fourth-order valence-electron chi connectivity index (χ4n) is 3.37. The summed E-state index contributed by atoms with van der Waals surface area (Å²) in [6.07, 6.45) is 2.08. The quantitative estimate of drug-likeness (QED) is 0.702. The van der Waals surface area contributed by atoms with E-state index in [1.807, 2.05) is 36.9 Å². The Hall–Kier alpha value is -2.09. The van der Waals surface area contributed by atoms with Gasteiger partial charge in [0.1, 0.15) is 0 Å². The van der Waals surface area contributed by atoms with Crippen molar-refractivity contribution in [2.24, 2.45) is 0 Å². The molecule has 2 aromatic carbocycles. The summed E-state index contributed by atoms with van der Waals surface area (Å²) in [4.78, 5) is 14.6. The second-order valence-electron chi connectivity index (χ2n) is 5.34. The molecule has 2 aromatic rings. The summed E-state index contributed by atoms with van der Waals surface area (Å²) in [5, 5.41) is 0. The number of benzene rings is 2. The summed E-state index contributed by atoms with van der Waals surface area (Å²) in [6.45, 7) is 4.74. The topological polar surface area (TPSA) is 20.3 Å². The second-order valence-corrected chi connectivity index (χ2v) is 5.34. The molecule has 0 aromatic heterocycles. The van der Waals surface area contributed by atoms with E-state index in [1.54, 1.807) is 0 Å². The second kappa shape index (κ2) is 5.72. The van der Waals surface area contributed by atoms with Crippen LogP contribution in [0.1, 0.15) is 53.4 Å². The normalized spacial score (nSPS) is 18.9. The van der Waals surface area contributed by atoms with Crippen LogP contribution < -0.4 is 0 Å². The van der Waals surface area contributed by atoms with Crippen LogP contribution in [-0.4, -0.2) is 10.8 Å². The number of nitrogens with zero attached hydrogens (tertiary/aromatic N) is 1. The van der Waals surface area contributed by atoms with Gasteiger partial charge in [-0.1, -0.05) is 56.3 Å². The third kappa shape index (κ3) is 2.25. The molecule has 1 unspecified atom stereocenters. The van der Waals surface area contributed by atoms with E-state index >= 15 is 0 Å². The molecule has 2 heterocycles. The molecule has 1 atom stereocenters. The Balaban J connectivity index is 0.000000636. The van der Waals surface area contributed by atoms with E-state index in [0.717, 1.165) is 24.9 Å². The Morgan fingerprint density at radius 2 is 1.62 bits per heavy atom. The summed E-state index contributed by atoms with van der Waals surface area (Å²) < 4.78 is 0. The third-order valence-electron chi connectivity index (χ3n) is 4.33. The average Bonchev–Trinajstić information content (AvgIpc) is 2.72. The Morgan fingerprint density at radius 1 is 0.952 bits per heavy atom. The van der Waals surface area contributed by atoms with Crippen LogP contribution in [0.3, 0.4) is 0 Å². The Kier molecular flexibility index (Phi) is 3.78. The molecule has 2 heteroatoms. The standard InChI is InChI=1S/C17H15NO.C2H6/c19-17-15-8-4-3-7-14(15)16-10-9-12-5-1-2-6-13(12)11-18(16)17;1-2/h1-8,16H,9-11H2;1-2H3. The number of fused-ring (bicyclic) bond motifs is 4. The fourth-order valence-corrected chi connectivity index (χ4v) is 3.37. The minimum Gasteiger partial charge on any atom is -0.327 e. The van der Waals surface area contributed by atoms with Gasteiger partial charge in [-0.2, -0.15) is 0 Å². The average molecular weight is 279 g/mol. The van der Waals surface area contributed by atoms with Crippen molar-refractivity contribution < 1.29 is 4.79 Å². The van der Waals surface area contributed by atoms with E-state index < -0.39 is 0 Å². The van der Waals surface area contributed by atoms with E-state index in [2.05, 4.69) is 30.3 Å². The summed E-state index contributed by atoms with van der Waals surface area (Å²) in [5.41, 5.74) is 4.79. The molecule has 2 aliphatic rings. The maximum Gasteiger partial charge on any atom is 0.255 e. The molecule has 0 spiro atoms.